The number of aryl methyl sites for hydroxylation is 1. The number of aliphatic hydroxyl groups excluding tert-OH is 1. The van der Waals surface area contributed by atoms with Crippen molar-refractivity contribution >= 4 is 5.91 Å². The van der Waals surface area contributed by atoms with Crippen LogP contribution in [0.5, 0.6) is 0 Å². The molecule has 0 heterocycles. The molecule has 0 saturated heterocycles. The Hall–Kier alpha value is -1.90. The number of fused-ring (bicyclic) bond motifs is 1. The molecule has 5 nitrogen and oxygen atoms in total. The number of carbonyl (C=O) groups excluding carboxylic acids is 1. The first kappa shape index (κ1) is 17.9. The van der Waals surface area contributed by atoms with Crippen LogP contribution >= 0.6 is 0 Å². The number of benzene rings is 1. The zero-order valence-electron chi connectivity index (χ0n) is 14.7. The second-order valence-electron chi connectivity index (χ2n) is 7.25. The van der Waals surface area contributed by atoms with Gasteiger partial charge in [0.2, 0.25) is 5.91 Å². The molecule has 1 fully saturated rings. The van der Waals surface area contributed by atoms with E-state index in [0.29, 0.717) is 13.0 Å². The van der Waals surface area contributed by atoms with Gasteiger partial charge in [0.15, 0.2) is 0 Å². The van der Waals surface area contributed by atoms with E-state index < -0.39 is 5.54 Å². The Labute approximate surface area is 149 Å². The summed E-state index contributed by atoms with van der Waals surface area (Å²) in [5.74, 6) is -0.0780. The van der Waals surface area contributed by atoms with Gasteiger partial charge < -0.3 is 10.4 Å². The average Bonchev–Trinajstić information content (AvgIpc) is 3.26. The molecule has 1 aromatic carbocycles. The zero-order chi connectivity index (χ0) is 17.7. The van der Waals surface area contributed by atoms with Gasteiger partial charge in [-0.15, -0.1) is 0 Å². The van der Waals surface area contributed by atoms with E-state index in [1.54, 1.807) is 0 Å². The Bertz CT molecular complexity index is 647. The number of nitriles is 1. The van der Waals surface area contributed by atoms with Crippen molar-refractivity contribution in [1.82, 2.24) is 10.2 Å². The monoisotopic (exact) mass is 341 g/mol. The van der Waals surface area contributed by atoms with E-state index in [1.807, 2.05) is 6.07 Å². The second-order valence-corrected chi connectivity index (χ2v) is 7.25. The van der Waals surface area contributed by atoms with Crippen LogP contribution in [-0.4, -0.2) is 41.1 Å². The normalized spacial score (nSPS) is 21.1. The molecule has 2 N–H and O–H groups in total. The van der Waals surface area contributed by atoms with Crippen LogP contribution in [-0.2, 0) is 11.2 Å². The third kappa shape index (κ3) is 4.02. The van der Waals surface area contributed by atoms with E-state index in [9.17, 15) is 15.2 Å². The summed E-state index contributed by atoms with van der Waals surface area (Å²) in [4.78, 5) is 14.8. The van der Waals surface area contributed by atoms with Crippen LogP contribution < -0.4 is 5.32 Å². The van der Waals surface area contributed by atoms with Gasteiger partial charge in [-0.05, 0) is 56.1 Å². The Morgan fingerprint density at radius 3 is 2.84 bits per heavy atom. The summed E-state index contributed by atoms with van der Waals surface area (Å²) < 4.78 is 0. The molecule has 134 valence electrons. The molecule has 0 bridgehead atoms. The van der Waals surface area contributed by atoms with Crippen molar-refractivity contribution in [2.24, 2.45) is 0 Å². The van der Waals surface area contributed by atoms with E-state index in [0.717, 1.165) is 38.5 Å². The first-order chi connectivity index (χ1) is 12.2. The first-order valence-electron chi connectivity index (χ1n) is 9.32. The molecule has 0 aliphatic heterocycles. The van der Waals surface area contributed by atoms with Crippen LogP contribution in [0.15, 0.2) is 24.3 Å². The van der Waals surface area contributed by atoms with Gasteiger partial charge in [-0.25, -0.2) is 0 Å². The lowest BCUT2D eigenvalue weighted by molar-refractivity contribution is -0.124. The Balaban J connectivity index is 1.69. The van der Waals surface area contributed by atoms with Crippen LogP contribution in [0.1, 0.15) is 55.7 Å². The van der Waals surface area contributed by atoms with Crippen LogP contribution in [0, 0.1) is 11.3 Å². The molecule has 0 radical (unpaired) electrons. The number of hydrogen-bond acceptors (Lipinski definition) is 4. The molecule has 1 aromatic rings. The van der Waals surface area contributed by atoms with Crippen molar-refractivity contribution in [2.45, 2.75) is 56.5 Å². The van der Waals surface area contributed by atoms with Crippen LogP contribution in [0.3, 0.4) is 0 Å². The predicted octanol–water partition coefficient (Wildman–Crippen LogP) is 2.31. The largest absolute Gasteiger partial charge is 0.396 e. The van der Waals surface area contributed by atoms with Crippen molar-refractivity contribution in [1.29, 1.82) is 5.26 Å². The fourth-order valence-electron chi connectivity index (χ4n) is 4.27. The Morgan fingerprint density at radius 1 is 1.36 bits per heavy atom. The lowest BCUT2D eigenvalue weighted by Gasteiger charge is -2.30. The predicted molar refractivity (Wildman–Crippen MR) is 95.7 cm³/mol. The maximum Gasteiger partial charge on any atom is 0.235 e. The zero-order valence-corrected chi connectivity index (χ0v) is 14.7. The van der Waals surface area contributed by atoms with Crippen molar-refractivity contribution in [3.05, 3.63) is 35.4 Å². The van der Waals surface area contributed by atoms with Crippen molar-refractivity contribution in [3.8, 4) is 6.07 Å². The van der Waals surface area contributed by atoms with Gasteiger partial charge in [-0.2, -0.15) is 5.26 Å². The topological polar surface area (TPSA) is 76.4 Å². The minimum Gasteiger partial charge on any atom is -0.396 e. The molecule has 1 amide bonds. The van der Waals surface area contributed by atoms with Gasteiger partial charge in [0.05, 0.1) is 12.6 Å². The Morgan fingerprint density at radius 2 is 2.12 bits per heavy atom. The highest BCUT2D eigenvalue weighted by molar-refractivity contribution is 5.79. The molecular formula is C20H27N3O2. The van der Waals surface area contributed by atoms with Gasteiger partial charge in [0.1, 0.15) is 5.54 Å². The number of aliphatic hydroxyl groups is 1. The number of carbonyl (C=O) groups is 1. The first-order valence-corrected chi connectivity index (χ1v) is 9.32. The summed E-state index contributed by atoms with van der Waals surface area (Å²) >= 11 is 0. The van der Waals surface area contributed by atoms with E-state index in [4.69, 9.17) is 0 Å². The molecule has 2 aliphatic rings. The van der Waals surface area contributed by atoms with Crippen molar-refractivity contribution in [2.75, 3.05) is 19.7 Å². The van der Waals surface area contributed by atoms with Gasteiger partial charge in [-0.3, -0.25) is 9.69 Å². The van der Waals surface area contributed by atoms with Crippen molar-refractivity contribution in [3.63, 3.8) is 0 Å². The van der Waals surface area contributed by atoms with E-state index in [-0.39, 0.29) is 25.1 Å². The summed E-state index contributed by atoms with van der Waals surface area (Å²) in [6.45, 7) is 1.08. The van der Waals surface area contributed by atoms with Crippen LogP contribution in [0.25, 0.3) is 0 Å². The SMILES string of the molecule is N#CC1(NC(=O)CN(CCCO)C2CCc3ccccc32)CCCC1. The van der Waals surface area contributed by atoms with Crippen LogP contribution in [0.4, 0.5) is 0 Å². The third-order valence-corrected chi connectivity index (χ3v) is 5.54. The van der Waals surface area contributed by atoms with Crippen LogP contribution in [0.2, 0.25) is 0 Å². The lowest BCUT2D eigenvalue weighted by atomic mass is 10.00. The minimum absolute atomic E-state index is 0.0780. The summed E-state index contributed by atoms with van der Waals surface area (Å²) in [5, 5.41) is 21.7. The van der Waals surface area contributed by atoms with Gasteiger partial charge in [0, 0.05) is 19.2 Å². The number of nitrogens with one attached hydrogen (secondary N) is 1. The van der Waals surface area contributed by atoms with Gasteiger partial charge in [-0.1, -0.05) is 24.3 Å². The molecule has 5 heteroatoms. The summed E-state index contributed by atoms with van der Waals surface area (Å²) in [5.41, 5.74) is 1.98. The highest BCUT2D eigenvalue weighted by atomic mass is 16.3. The summed E-state index contributed by atoms with van der Waals surface area (Å²) in [7, 11) is 0. The standard InChI is InChI=1S/C20H27N3O2/c21-15-20(10-3-4-11-20)22-19(25)14-23(12-5-13-24)18-9-8-16-6-1-2-7-17(16)18/h1-2,6-7,18,24H,3-5,8-14H2,(H,22,25). The fraction of sp³-hybridized carbons (Fsp3) is 0.600. The van der Waals surface area contributed by atoms with E-state index >= 15 is 0 Å². The highest BCUT2D eigenvalue weighted by Gasteiger charge is 2.36. The molecule has 25 heavy (non-hydrogen) atoms. The third-order valence-electron chi connectivity index (χ3n) is 5.54. The number of hydrogen-bond donors (Lipinski definition) is 2. The molecular weight excluding hydrogens is 314 g/mol. The molecule has 2 aliphatic carbocycles. The number of amides is 1. The smallest absolute Gasteiger partial charge is 0.235 e. The summed E-state index contributed by atoms with van der Waals surface area (Å²) in [6, 6.07) is 10.9. The maximum absolute atomic E-state index is 12.6. The molecule has 3 rings (SSSR count). The highest BCUT2D eigenvalue weighted by Crippen LogP contribution is 2.35. The summed E-state index contributed by atoms with van der Waals surface area (Å²) in [6.07, 6.45) is 6.17. The fourth-order valence-corrected chi connectivity index (χ4v) is 4.27. The lowest BCUT2D eigenvalue weighted by Crippen LogP contribution is -2.49. The molecule has 1 atom stereocenters. The number of nitrogens with zero attached hydrogens (tertiary/aromatic N) is 2. The Kier molecular flexibility index (Phi) is 5.72. The average molecular weight is 341 g/mol. The molecule has 1 saturated carbocycles. The molecule has 0 spiro atoms. The molecule has 1 unspecified atom stereocenters. The number of rotatable bonds is 7. The minimum atomic E-state index is -0.673. The van der Waals surface area contributed by atoms with E-state index in [2.05, 4.69) is 34.5 Å². The quantitative estimate of drug-likeness (QED) is 0.798. The van der Waals surface area contributed by atoms with Gasteiger partial charge >= 0.3 is 0 Å². The van der Waals surface area contributed by atoms with Crippen molar-refractivity contribution < 1.29 is 9.90 Å². The second kappa shape index (κ2) is 7.99. The molecule has 0 aromatic heterocycles. The maximum atomic E-state index is 12.6. The van der Waals surface area contributed by atoms with Gasteiger partial charge in [0.25, 0.3) is 0 Å². The van der Waals surface area contributed by atoms with E-state index in [1.165, 1.54) is 11.1 Å².